The summed E-state index contributed by atoms with van der Waals surface area (Å²) in [6, 6.07) is 0. The molecule has 0 aliphatic carbocycles. The lowest BCUT2D eigenvalue weighted by Crippen LogP contribution is -2.30. The fraction of sp³-hybridized carbons (Fsp3) is 0.833. The molecule has 130 valence electrons. The van der Waals surface area contributed by atoms with Crippen molar-refractivity contribution in [2.24, 2.45) is 0 Å². The topological polar surface area (TPSA) is 88.1 Å². The molecule has 1 atom stereocenters. The highest BCUT2D eigenvalue weighted by Gasteiger charge is 2.44. The van der Waals surface area contributed by atoms with E-state index in [1.807, 2.05) is 0 Å². The SMILES string of the molecule is CCOP(=O)(OCC)C(CC(=O)OCCCl)C(=O)OCCCl. The zero-order valence-electron chi connectivity index (χ0n) is 12.6. The molecular weight excluding hydrogens is 358 g/mol. The molecule has 10 heteroatoms. The summed E-state index contributed by atoms with van der Waals surface area (Å²) in [4.78, 5) is 23.8. The predicted octanol–water partition coefficient (Wildman–Crippen LogP) is 2.58. The molecule has 0 amide bonds. The fourth-order valence-electron chi connectivity index (χ4n) is 1.51. The fourth-order valence-corrected chi connectivity index (χ4v) is 3.52. The van der Waals surface area contributed by atoms with E-state index in [4.69, 9.17) is 41.7 Å². The lowest BCUT2D eigenvalue weighted by Gasteiger charge is -2.24. The zero-order chi connectivity index (χ0) is 17.0. The van der Waals surface area contributed by atoms with Crippen molar-refractivity contribution < 1.29 is 32.7 Å². The van der Waals surface area contributed by atoms with Gasteiger partial charge in [0.2, 0.25) is 0 Å². The van der Waals surface area contributed by atoms with Crippen LogP contribution in [0.2, 0.25) is 0 Å². The average molecular weight is 379 g/mol. The number of esters is 2. The molecule has 0 saturated heterocycles. The summed E-state index contributed by atoms with van der Waals surface area (Å²) in [5, 5.41) is 0. The van der Waals surface area contributed by atoms with Crippen molar-refractivity contribution in [1.29, 1.82) is 0 Å². The lowest BCUT2D eigenvalue weighted by molar-refractivity contribution is -0.149. The van der Waals surface area contributed by atoms with Crippen LogP contribution in [-0.2, 0) is 32.7 Å². The highest BCUT2D eigenvalue weighted by atomic mass is 35.5. The third-order valence-electron chi connectivity index (χ3n) is 2.29. The van der Waals surface area contributed by atoms with Crippen molar-refractivity contribution in [1.82, 2.24) is 0 Å². The Bertz CT molecular complexity index is 382. The van der Waals surface area contributed by atoms with Crippen LogP contribution in [0.25, 0.3) is 0 Å². The maximum Gasteiger partial charge on any atom is 0.345 e. The third kappa shape index (κ3) is 7.79. The largest absolute Gasteiger partial charge is 0.464 e. The molecule has 0 aromatic carbocycles. The highest BCUT2D eigenvalue weighted by Crippen LogP contribution is 2.54. The van der Waals surface area contributed by atoms with Gasteiger partial charge < -0.3 is 18.5 Å². The monoisotopic (exact) mass is 378 g/mol. The Morgan fingerprint density at radius 3 is 1.95 bits per heavy atom. The quantitative estimate of drug-likeness (QED) is 0.293. The molecule has 0 heterocycles. The van der Waals surface area contributed by atoms with Crippen LogP contribution in [0.1, 0.15) is 20.3 Å². The first-order chi connectivity index (χ1) is 10.4. The van der Waals surface area contributed by atoms with Gasteiger partial charge in [-0.25, -0.2) is 0 Å². The van der Waals surface area contributed by atoms with Gasteiger partial charge in [-0.3, -0.25) is 14.2 Å². The van der Waals surface area contributed by atoms with E-state index in [9.17, 15) is 14.2 Å². The Morgan fingerprint density at radius 1 is 1.00 bits per heavy atom. The van der Waals surface area contributed by atoms with Crippen molar-refractivity contribution in [3.05, 3.63) is 0 Å². The number of rotatable bonds is 12. The van der Waals surface area contributed by atoms with Gasteiger partial charge in [0.15, 0.2) is 5.66 Å². The van der Waals surface area contributed by atoms with Crippen molar-refractivity contribution >= 4 is 42.7 Å². The zero-order valence-corrected chi connectivity index (χ0v) is 15.0. The molecule has 0 saturated carbocycles. The van der Waals surface area contributed by atoms with E-state index in [2.05, 4.69) is 0 Å². The van der Waals surface area contributed by atoms with E-state index in [-0.39, 0.29) is 38.2 Å². The molecule has 22 heavy (non-hydrogen) atoms. The van der Waals surface area contributed by atoms with Crippen molar-refractivity contribution in [3.63, 3.8) is 0 Å². The number of halogens is 2. The van der Waals surface area contributed by atoms with E-state index in [1.165, 1.54) is 0 Å². The molecule has 1 unspecified atom stereocenters. The summed E-state index contributed by atoms with van der Waals surface area (Å²) < 4.78 is 32.6. The molecule has 0 radical (unpaired) electrons. The summed E-state index contributed by atoms with van der Waals surface area (Å²) in [6.07, 6.45) is -0.491. The first-order valence-electron chi connectivity index (χ1n) is 6.78. The normalized spacial score (nSPS) is 12.7. The summed E-state index contributed by atoms with van der Waals surface area (Å²) in [7, 11) is -3.86. The van der Waals surface area contributed by atoms with E-state index < -0.39 is 31.6 Å². The van der Waals surface area contributed by atoms with Gasteiger partial charge in [-0.2, -0.15) is 0 Å². The minimum Gasteiger partial charge on any atom is -0.464 e. The third-order valence-corrected chi connectivity index (χ3v) is 5.00. The van der Waals surface area contributed by atoms with E-state index in [0.29, 0.717) is 0 Å². The predicted molar refractivity (Wildman–Crippen MR) is 82.6 cm³/mol. The van der Waals surface area contributed by atoms with Gasteiger partial charge >= 0.3 is 19.5 Å². The average Bonchev–Trinajstić information content (AvgIpc) is 2.48. The van der Waals surface area contributed by atoms with Crippen LogP contribution >= 0.6 is 30.8 Å². The smallest absolute Gasteiger partial charge is 0.345 e. The molecule has 0 aromatic rings. The minimum absolute atomic E-state index is 0.0165. The number of hydrogen-bond donors (Lipinski definition) is 0. The first-order valence-corrected chi connectivity index (χ1v) is 9.46. The van der Waals surface area contributed by atoms with E-state index in [1.54, 1.807) is 13.8 Å². The van der Waals surface area contributed by atoms with Crippen LogP contribution < -0.4 is 0 Å². The molecule has 0 spiro atoms. The summed E-state index contributed by atoms with van der Waals surface area (Å²) in [5.41, 5.74) is -1.40. The number of carbonyl (C=O) groups is 2. The number of hydrogen-bond acceptors (Lipinski definition) is 7. The number of alkyl halides is 2. The van der Waals surface area contributed by atoms with Gasteiger partial charge in [0.25, 0.3) is 0 Å². The van der Waals surface area contributed by atoms with Gasteiger partial charge in [0.1, 0.15) is 13.2 Å². The second kappa shape index (κ2) is 12.1. The maximum absolute atomic E-state index is 12.7. The molecule has 0 aliphatic rings. The Balaban J connectivity index is 5.15. The van der Waals surface area contributed by atoms with Crippen molar-refractivity contribution in [2.75, 3.05) is 38.2 Å². The second-order valence-electron chi connectivity index (χ2n) is 3.86. The molecule has 0 N–H and O–H groups in total. The Morgan fingerprint density at radius 2 is 1.50 bits per heavy atom. The molecule has 0 aliphatic heterocycles. The minimum atomic E-state index is -3.86. The van der Waals surface area contributed by atoms with Crippen LogP contribution in [0.3, 0.4) is 0 Å². The van der Waals surface area contributed by atoms with Gasteiger partial charge in [-0.15, -0.1) is 23.2 Å². The molecule has 0 aromatic heterocycles. The second-order valence-corrected chi connectivity index (χ2v) is 6.84. The standard InChI is InChI=1S/C12H21Cl2O7P/c1-3-20-22(17,21-4-2)10(12(16)19-8-6-14)9-11(15)18-7-5-13/h10H,3-9H2,1-2H3. The molecule has 7 nitrogen and oxygen atoms in total. The van der Waals surface area contributed by atoms with Crippen LogP contribution in [0, 0.1) is 0 Å². The molecule has 0 bridgehead atoms. The molecule has 0 fully saturated rings. The highest BCUT2D eigenvalue weighted by molar-refractivity contribution is 7.55. The maximum atomic E-state index is 12.7. The van der Waals surface area contributed by atoms with Crippen LogP contribution in [0.4, 0.5) is 0 Å². The molecular formula is C12H21Cl2O7P. The van der Waals surface area contributed by atoms with Crippen LogP contribution in [-0.4, -0.2) is 55.8 Å². The van der Waals surface area contributed by atoms with Gasteiger partial charge in [-0.05, 0) is 13.8 Å². The first kappa shape index (κ1) is 21.7. The van der Waals surface area contributed by atoms with Gasteiger partial charge in [0, 0.05) is 0 Å². The summed E-state index contributed by atoms with van der Waals surface area (Å²) >= 11 is 10.9. The van der Waals surface area contributed by atoms with E-state index in [0.717, 1.165) is 0 Å². The van der Waals surface area contributed by atoms with E-state index >= 15 is 0 Å². The molecule has 0 rings (SSSR count). The number of carbonyl (C=O) groups excluding carboxylic acids is 2. The van der Waals surface area contributed by atoms with Crippen molar-refractivity contribution in [3.8, 4) is 0 Å². The Hall–Kier alpha value is -0.330. The van der Waals surface area contributed by atoms with Gasteiger partial charge in [0.05, 0.1) is 31.4 Å². The Kier molecular flexibility index (Phi) is 12.0. The number of ether oxygens (including phenoxy) is 2. The summed E-state index contributed by atoms with van der Waals surface area (Å²) in [6.45, 7) is 3.20. The lowest BCUT2D eigenvalue weighted by atomic mass is 10.3. The summed E-state index contributed by atoms with van der Waals surface area (Å²) in [5.74, 6) is -1.44. The van der Waals surface area contributed by atoms with Crippen LogP contribution in [0.5, 0.6) is 0 Å². The Labute approximate surface area is 140 Å². The van der Waals surface area contributed by atoms with Gasteiger partial charge in [-0.1, -0.05) is 0 Å². The van der Waals surface area contributed by atoms with Crippen molar-refractivity contribution in [2.45, 2.75) is 25.9 Å². The van der Waals surface area contributed by atoms with Crippen LogP contribution in [0.15, 0.2) is 0 Å².